The van der Waals surface area contributed by atoms with Crippen molar-refractivity contribution >= 4 is 27.7 Å². The summed E-state index contributed by atoms with van der Waals surface area (Å²) in [6, 6.07) is 8.57. The number of amides is 2. The van der Waals surface area contributed by atoms with Gasteiger partial charge in [-0.3, -0.25) is 25.2 Å². The fourth-order valence-corrected chi connectivity index (χ4v) is 3.08. The summed E-state index contributed by atoms with van der Waals surface area (Å²) in [5, 5.41) is 3.96. The van der Waals surface area contributed by atoms with Crippen molar-refractivity contribution in [1.82, 2.24) is 25.2 Å². The minimum Gasteiger partial charge on any atom is -0.345 e. The van der Waals surface area contributed by atoms with Gasteiger partial charge in [-0.05, 0) is 41.1 Å². The number of hydrazine groups is 1. The summed E-state index contributed by atoms with van der Waals surface area (Å²) >= 11 is 3.25. The SMILES string of the molecule is Cc1cc(=O)c(C(=O)NNC(=O)c2cc(Br)cn2C)nn1-c1ccccc1F. The maximum absolute atomic E-state index is 14.1. The Bertz CT molecular complexity index is 1140. The molecule has 0 aliphatic carbocycles. The van der Waals surface area contributed by atoms with Crippen LogP contribution in [0.4, 0.5) is 4.39 Å². The van der Waals surface area contributed by atoms with Crippen LogP contribution in [0.25, 0.3) is 5.69 Å². The summed E-state index contributed by atoms with van der Waals surface area (Å²) in [6.45, 7) is 1.57. The summed E-state index contributed by atoms with van der Waals surface area (Å²) in [4.78, 5) is 36.7. The molecule has 0 saturated heterocycles. The van der Waals surface area contributed by atoms with Crippen LogP contribution >= 0.6 is 15.9 Å². The average molecular weight is 448 g/mol. The molecule has 3 aromatic rings. The zero-order valence-electron chi connectivity index (χ0n) is 14.9. The van der Waals surface area contributed by atoms with Gasteiger partial charge in [0.2, 0.25) is 5.43 Å². The minimum absolute atomic E-state index is 0.0896. The number of aromatic nitrogens is 3. The summed E-state index contributed by atoms with van der Waals surface area (Å²) < 4.78 is 17.5. The molecule has 8 nitrogen and oxygen atoms in total. The predicted octanol–water partition coefficient (Wildman–Crippen LogP) is 1.86. The molecule has 3 rings (SSSR count). The van der Waals surface area contributed by atoms with Gasteiger partial charge in [0.25, 0.3) is 11.8 Å². The van der Waals surface area contributed by atoms with Crippen LogP contribution in [0, 0.1) is 12.7 Å². The van der Waals surface area contributed by atoms with Crippen molar-refractivity contribution in [2.45, 2.75) is 6.92 Å². The fraction of sp³-hybridized carbons (Fsp3) is 0.111. The number of nitrogens with one attached hydrogen (secondary N) is 2. The highest BCUT2D eigenvalue weighted by Crippen LogP contribution is 2.14. The van der Waals surface area contributed by atoms with Gasteiger partial charge in [-0.2, -0.15) is 5.10 Å². The number of aryl methyl sites for hydroxylation is 2. The normalized spacial score (nSPS) is 10.6. The molecule has 0 spiro atoms. The Morgan fingerprint density at radius 2 is 1.82 bits per heavy atom. The maximum atomic E-state index is 14.1. The molecular formula is C18H15BrFN5O3. The topological polar surface area (TPSA) is 98.0 Å². The Balaban J connectivity index is 1.85. The summed E-state index contributed by atoms with van der Waals surface area (Å²) in [6.07, 6.45) is 1.67. The highest BCUT2D eigenvalue weighted by molar-refractivity contribution is 9.10. The molecule has 0 unspecified atom stereocenters. The Hall–Kier alpha value is -3.27. The highest BCUT2D eigenvalue weighted by atomic mass is 79.9. The van der Waals surface area contributed by atoms with Crippen LogP contribution in [-0.4, -0.2) is 26.2 Å². The molecule has 2 heterocycles. The molecule has 0 aliphatic rings. The quantitative estimate of drug-likeness (QED) is 0.598. The van der Waals surface area contributed by atoms with Crippen LogP contribution in [0.2, 0.25) is 0 Å². The second-order valence-electron chi connectivity index (χ2n) is 5.92. The molecule has 28 heavy (non-hydrogen) atoms. The first kappa shape index (κ1) is 19.5. The first-order chi connectivity index (χ1) is 13.3. The molecule has 0 fully saturated rings. The van der Waals surface area contributed by atoms with E-state index in [2.05, 4.69) is 31.9 Å². The molecule has 0 atom stereocenters. The van der Waals surface area contributed by atoms with Crippen LogP contribution in [0.3, 0.4) is 0 Å². The third kappa shape index (κ3) is 3.86. The lowest BCUT2D eigenvalue weighted by molar-refractivity contribution is 0.0837. The molecule has 2 aromatic heterocycles. The summed E-state index contributed by atoms with van der Waals surface area (Å²) in [5.74, 6) is -2.06. The van der Waals surface area contributed by atoms with Crippen LogP contribution < -0.4 is 16.3 Å². The molecule has 2 amide bonds. The van der Waals surface area contributed by atoms with Gasteiger partial charge >= 0.3 is 0 Å². The zero-order valence-corrected chi connectivity index (χ0v) is 16.4. The lowest BCUT2D eigenvalue weighted by Gasteiger charge is -2.12. The van der Waals surface area contributed by atoms with Crippen molar-refractivity contribution in [3.8, 4) is 5.69 Å². The van der Waals surface area contributed by atoms with E-state index < -0.39 is 28.8 Å². The molecule has 0 saturated carbocycles. The number of hydrogen-bond donors (Lipinski definition) is 2. The van der Waals surface area contributed by atoms with Crippen molar-refractivity contribution in [3.05, 3.63) is 80.2 Å². The predicted molar refractivity (Wildman–Crippen MR) is 103 cm³/mol. The lowest BCUT2D eigenvalue weighted by Crippen LogP contribution is -2.44. The number of para-hydroxylation sites is 1. The molecule has 0 radical (unpaired) electrons. The first-order valence-electron chi connectivity index (χ1n) is 8.06. The number of carbonyl (C=O) groups excluding carboxylic acids is 2. The minimum atomic E-state index is -0.920. The van der Waals surface area contributed by atoms with E-state index in [1.54, 1.807) is 36.9 Å². The van der Waals surface area contributed by atoms with Crippen molar-refractivity contribution in [1.29, 1.82) is 0 Å². The van der Waals surface area contributed by atoms with Gasteiger partial charge in [0.1, 0.15) is 17.2 Å². The smallest absolute Gasteiger partial charge is 0.294 e. The molecule has 0 bridgehead atoms. The van der Waals surface area contributed by atoms with Crippen molar-refractivity contribution in [2.24, 2.45) is 7.05 Å². The van der Waals surface area contributed by atoms with Crippen LogP contribution in [-0.2, 0) is 7.05 Å². The first-order valence-corrected chi connectivity index (χ1v) is 8.85. The molecular weight excluding hydrogens is 433 g/mol. The number of halogens is 2. The Kier molecular flexibility index (Phi) is 5.41. The third-order valence-electron chi connectivity index (χ3n) is 3.90. The second-order valence-corrected chi connectivity index (χ2v) is 6.84. The number of rotatable bonds is 3. The Morgan fingerprint density at radius 1 is 1.14 bits per heavy atom. The summed E-state index contributed by atoms with van der Waals surface area (Å²) in [7, 11) is 1.66. The van der Waals surface area contributed by atoms with Crippen LogP contribution in [0.1, 0.15) is 26.7 Å². The Morgan fingerprint density at radius 3 is 2.46 bits per heavy atom. The van der Waals surface area contributed by atoms with E-state index in [0.717, 1.165) is 4.68 Å². The van der Waals surface area contributed by atoms with Gasteiger partial charge in [0.05, 0.1) is 0 Å². The lowest BCUT2D eigenvalue weighted by atomic mass is 10.2. The van der Waals surface area contributed by atoms with Crippen molar-refractivity contribution < 1.29 is 14.0 Å². The van der Waals surface area contributed by atoms with E-state index in [1.807, 2.05) is 0 Å². The maximum Gasteiger partial charge on any atom is 0.294 e. The van der Waals surface area contributed by atoms with E-state index in [1.165, 1.54) is 24.3 Å². The summed E-state index contributed by atoms with van der Waals surface area (Å²) in [5.41, 5.74) is 3.96. The van der Waals surface area contributed by atoms with Crippen molar-refractivity contribution in [3.63, 3.8) is 0 Å². The Labute approximate surface area is 167 Å². The van der Waals surface area contributed by atoms with E-state index >= 15 is 0 Å². The van der Waals surface area contributed by atoms with E-state index in [9.17, 15) is 18.8 Å². The number of carbonyl (C=O) groups is 2. The van der Waals surface area contributed by atoms with Crippen LogP contribution in [0.5, 0.6) is 0 Å². The monoisotopic (exact) mass is 447 g/mol. The van der Waals surface area contributed by atoms with Gasteiger partial charge in [0, 0.05) is 29.5 Å². The molecule has 2 N–H and O–H groups in total. The van der Waals surface area contributed by atoms with Gasteiger partial charge < -0.3 is 4.57 Å². The number of hydrogen-bond acceptors (Lipinski definition) is 4. The van der Waals surface area contributed by atoms with Crippen molar-refractivity contribution in [2.75, 3.05) is 0 Å². The van der Waals surface area contributed by atoms with E-state index in [4.69, 9.17) is 0 Å². The number of nitrogens with zero attached hydrogens (tertiary/aromatic N) is 3. The molecule has 0 aliphatic heterocycles. The van der Waals surface area contributed by atoms with E-state index in [-0.39, 0.29) is 11.4 Å². The average Bonchev–Trinajstić information content (AvgIpc) is 2.98. The van der Waals surface area contributed by atoms with Gasteiger partial charge in [-0.1, -0.05) is 12.1 Å². The standard InChI is InChI=1S/C18H15BrFN5O3/c1-10-7-15(26)16(23-25(10)13-6-4-3-5-12(13)20)18(28)22-21-17(27)14-8-11(19)9-24(14)2/h3-9H,1-2H3,(H,21,27)(H,22,28). The highest BCUT2D eigenvalue weighted by Gasteiger charge is 2.18. The molecule has 144 valence electrons. The largest absolute Gasteiger partial charge is 0.345 e. The third-order valence-corrected chi connectivity index (χ3v) is 4.33. The zero-order chi connectivity index (χ0) is 20.4. The molecule has 10 heteroatoms. The fourth-order valence-electron chi connectivity index (χ4n) is 2.56. The van der Waals surface area contributed by atoms with Gasteiger partial charge in [-0.15, -0.1) is 0 Å². The van der Waals surface area contributed by atoms with E-state index in [0.29, 0.717) is 10.2 Å². The number of benzene rings is 1. The molecule has 1 aromatic carbocycles. The van der Waals surface area contributed by atoms with Crippen LogP contribution in [0.15, 0.2) is 51.9 Å². The van der Waals surface area contributed by atoms with Gasteiger partial charge in [0.15, 0.2) is 5.69 Å². The second kappa shape index (κ2) is 7.77. The van der Waals surface area contributed by atoms with Gasteiger partial charge in [-0.25, -0.2) is 9.07 Å².